The summed E-state index contributed by atoms with van der Waals surface area (Å²) in [5.74, 6) is 2.84. The van der Waals surface area contributed by atoms with E-state index in [1.165, 1.54) is 25.1 Å². The first-order valence-electron chi connectivity index (χ1n) is 10.3. The first-order chi connectivity index (χ1) is 13.0. The monoisotopic (exact) mass is 386 g/mol. The lowest BCUT2D eigenvalue weighted by Gasteiger charge is -2.33. The van der Waals surface area contributed by atoms with Gasteiger partial charge >= 0.3 is 0 Å². The van der Waals surface area contributed by atoms with Crippen molar-refractivity contribution in [1.29, 1.82) is 0 Å². The Labute approximate surface area is 165 Å². The summed E-state index contributed by atoms with van der Waals surface area (Å²) in [5.41, 5.74) is 0.877. The zero-order valence-electron chi connectivity index (χ0n) is 16.6. The lowest BCUT2D eigenvalue weighted by atomic mass is 9.85. The molecule has 1 saturated heterocycles. The SMILES string of the molecule is Cc1nc(C(C)C)sc1C(=O)N1CCCC(c2nccn2CC2CCC2)C1. The Morgan fingerprint density at radius 1 is 1.30 bits per heavy atom. The molecule has 6 heteroatoms. The Balaban J connectivity index is 1.48. The van der Waals surface area contributed by atoms with Crippen molar-refractivity contribution in [1.82, 2.24) is 19.4 Å². The van der Waals surface area contributed by atoms with E-state index < -0.39 is 0 Å². The maximum atomic E-state index is 13.2. The lowest BCUT2D eigenvalue weighted by Crippen LogP contribution is -2.39. The molecule has 0 bridgehead atoms. The van der Waals surface area contributed by atoms with Crippen LogP contribution in [0.25, 0.3) is 0 Å². The highest BCUT2D eigenvalue weighted by atomic mass is 32.1. The first-order valence-corrected chi connectivity index (χ1v) is 11.1. The fourth-order valence-corrected chi connectivity index (χ4v) is 5.20. The minimum absolute atomic E-state index is 0.152. The third-order valence-electron chi connectivity index (χ3n) is 6.00. The van der Waals surface area contributed by atoms with E-state index in [1.54, 1.807) is 11.3 Å². The molecule has 1 saturated carbocycles. The van der Waals surface area contributed by atoms with Crippen LogP contribution in [0.15, 0.2) is 12.4 Å². The average Bonchev–Trinajstić information content (AvgIpc) is 3.24. The number of carbonyl (C=O) groups is 1. The second kappa shape index (κ2) is 7.74. The Morgan fingerprint density at radius 2 is 2.11 bits per heavy atom. The Morgan fingerprint density at radius 3 is 2.78 bits per heavy atom. The predicted molar refractivity (Wildman–Crippen MR) is 108 cm³/mol. The van der Waals surface area contributed by atoms with Crippen LogP contribution in [0.2, 0.25) is 0 Å². The Bertz CT molecular complexity index is 805. The van der Waals surface area contributed by atoms with E-state index in [0.29, 0.717) is 11.8 Å². The molecule has 3 heterocycles. The molecule has 1 aliphatic carbocycles. The Hall–Kier alpha value is -1.69. The van der Waals surface area contributed by atoms with Crippen molar-refractivity contribution in [3.63, 3.8) is 0 Å². The van der Waals surface area contributed by atoms with Crippen molar-refractivity contribution >= 4 is 17.2 Å². The van der Waals surface area contributed by atoms with Gasteiger partial charge in [-0.25, -0.2) is 9.97 Å². The van der Waals surface area contributed by atoms with Crippen LogP contribution in [0.1, 0.15) is 84.0 Å². The number of imidazole rings is 1. The molecule has 5 nitrogen and oxygen atoms in total. The van der Waals surface area contributed by atoms with E-state index in [1.807, 2.05) is 18.0 Å². The highest BCUT2D eigenvalue weighted by Crippen LogP contribution is 2.32. The summed E-state index contributed by atoms with van der Waals surface area (Å²) < 4.78 is 2.34. The molecule has 2 aromatic rings. The molecule has 27 heavy (non-hydrogen) atoms. The first kappa shape index (κ1) is 18.7. The molecule has 1 aliphatic heterocycles. The van der Waals surface area contributed by atoms with Gasteiger partial charge in [-0.15, -0.1) is 11.3 Å². The van der Waals surface area contributed by atoms with Gasteiger partial charge in [0.05, 0.1) is 10.7 Å². The number of rotatable bonds is 5. The van der Waals surface area contributed by atoms with Gasteiger partial charge in [0, 0.05) is 43.9 Å². The molecule has 1 unspecified atom stereocenters. The number of aromatic nitrogens is 3. The minimum atomic E-state index is 0.152. The highest BCUT2D eigenvalue weighted by molar-refractivity contribution is 7.13. The fraction of sp³-hybridized carbons (Fsp3) is 0.667. The van der Waals surface area contributed by atoms with Crippen molar-refractivity contribution in [3.8, 4) is 0 Å². The number of aryl methyl sites for hydroxylation is 1. The number of thiazole rings is 1. The standard InChI is InChI=1S/C21H30N4OS/c1-14(2)20-23-15(3)18(27-20)21(26)25-10-5-8-17(13-25)19-22-9-11-24(19)12-16-6-4-7-16/h9,11,14,16-17H,4-8,10,12-13H2,1-3H3. The summed E-state index contributed by atoms with van der Waals surface area (Å²) in [6.45, 7) is 8.92. The average molecular weight is 387 g/mol. The van der Waals surface area contributed by atoms with E-state index in [4.69, 9.17) is 0 Å². The van der Waals surface area contributed by atoms with Crippen LogP contribution in [0.3, 0.4) is 0 Å². The second-order valence-corrected chi connectivity index (χ2v) is 9.48. The third kappa shape index (κ3) is 3.82. The molecular formula is C21H30N4OS. The fourth-order valence-electron chi connectivity index (χ4n) is 4.17. The molecule has 0 spiro atoms. The summed E-state index contributed by atoms with van der Waals surface area (Å²) in [6.07, 6.45) is 10.3. The molecule has 146 valence electrons. The van der Waals surface area contributed by atoms with E-state index in [9.17, 15) is 4.79 Å². The van der Waals surface area contributed by atoms with Gasteiger partial charge in [-0.05, 0) is 38.5 Å². The summed E-state index contributed by atoms with van der Waals surface area (Å²) in [7, 11) is 0. The second-order valence-electron chi connectivity index (χ2n) is 8.45. The minimum Gasteiger partial charge on any atom is -0.337 e. The lowest BCUT2D eigenvalue weighted by molar-refractivity contribution is 0.0706. The van der Waals surface area contributed by atoms with E-state index in [-0.39, 0.29) is 5.91 Å². The topological polar surface area (TPSA) is 51.0 Å². The van der Waals surface area contributed by atoms with Gasteiger partial charge in [-0.2, -0.15) is 0 Å². The predicted octanol–water partition coefficient (Wildman–Crippen LogP) is 4.59. The van der Waals surface area contributed by atoms with E-state index in [0.717, 1.165) is 54.0 Å². The van der Waals surface area contributed by atoms with Gasteiger partial charge in [0.1, 0.15) is 10.7 Å². The molecule has 0 N–H and O–H groups in total. The number of piperidine rings is 1. The molecule has 4 rings (SSSR count). The summed E-state index contributed by atoms with van der Waals surface area (Å²) in [5, 5.41) is 1.06. The van der Waals surface area contributed by atoms with Crippen LogP contribution < -0.4 is 0 Å². The number of likely N-dealkylation sites (tertiary alicyclic amines) is 1. The van der Waals surface area contributed by atoms with Gasteiger partial charge in [0.15, 0.2) is 0 Å². The van der Waals surface area contributed by atoms with Crippen molar-refractivity contribution < 1.29 is 4.79 Å². The highest BCUT2D eigenvalue weighted by Gasteiger charge is 2.30. The summed E-state index contributed by atoms with van der Waals surface area (Å²) in [4.78, 5) is 25.3. The number of amides is 1. The molecule has 0 aromatic carbocycles. The Kier molecular flexibility index (Phi) is 5.35. The quantitative estimate of drug-likeness (QED) is 0.755. The number of nitrogens with zero attached hydrogens (tertiary/aromatic N) is 4. The molecule has 0 radical (unpaired) electrons. The maximum absolute atomic E-state index is 13.2. The van der Waals surface area contributed by atoms with Crippen molar-refractivity contribution in [3.05, 3.63) is 33.8 Å². The molecular weight excluding hydrogens is 356 g/mol. The van der Waals surface area contributed by atoms with Gasteiger partial charge in [-0.1, -0.05) is 20.3 Å². The van der Waals surface area contributed by atoms with Crippen LogP contribution in [0.4, 0.5) is 0 Å². The van der Waals surface area contributed by atoms with Gasteiger partial charge in [0.25, 0.3) is 5.91 Å². The van der Waals surface area contributed by atoms with Crippen LogP contribution in [0, 0.1) is 12.8 Å². The summed E-state index contributed by atoms with van der Waals surface area (Å²) >= 11 is 1.57. The molecule has 2 fully saturated rings. The number of hydrogen-bond acceptors (Lipinski definition) is 4. The zero-order valence-corrected chi connectivity index (χ0v) is 17.5. The van der Waals surface area contributed by atoms with Crippen molar-refractivity contribution in [2.45, 2.75) is 71.3 Å². The number of hydrogen-bond donors (Lipinski definition) is 0. The van der Waals surface area contributed by atoms with E-state index in [2.05, 4.69) is 34.6 Å². The third-order valence-corrected chi connectivity index (χ3v) is 7.45. The van der Waals surface area contributed by atoms with Gasteiger partial charge in [0.2, 0.25) is 0 Å². The van der Waals surface area contributed by atoms with Crippen LogP contribution in [0.5, 0.6) is 0 Å². The van der Waals surface area contributed by atoms with Gasteiger partial charge < -0.3 is 9.47 Å². The maximum Gasteiger partial charge on any atom is 0.265 e. The largest absolute Gasteiger partial charge is 0.337 e. The summed E-state index contributed by atoms with van der Waals surface area (Å²) in [6, 6.07) is 0. The molecule has 2 aromatic heterocycles. The van der Waals surface area contributed by atoms with Crippen LogP contribution in [-0.2, 0) is 6.54 Å². The smallest absolute Gasteiger partial charge is 0.265 e. The molecule has 1 atom stereocenters. The number of carbonyl (C=O) groups excluding carboxylic acids is 1. The van der Waals surface area contributed by atoms with E-state index >= 15 is 0 Å². The molecule has 2 aliphatic rings. The van der Waals surface area contributed by atoms with Crippen LogP contribution >= 0.6 is 11.3 Å². The zero-order chi connectivity index (χ0) is 19.0. The molecule has 1 amide bonds. The normalized spacial score (nSPS) is 20.9. The van der Waals surface area contributed by atoms with Crippen molar-refractivity contribution in [2.75, 3.05) is 13.1 Å². The van der Waals surface area contributed by atoms with Gasteiger partial charge in [-0.3, -0.25) is 4.79 Å². The van der Waals surface area contributed by atoms with Crippen molar-refractivity contribution in [2.24, 2.45) is 5.92 Å². The van der Waals surface area contributed by atoms with Crippen LogP contribution in [-0.4, -0.2) is 38.4 Å².